The monoisotopic (exact) mass is 2820 g/mol. The van der Waals surface area contributed by atoms with Gasteiger partial charge in [-0.25, -0.2) is 6.08 Å². The minimum Gasteiger partial charge on any atom is -0.512 e. The third-order valence-corrected chi connectivity index (χ3v) is 22.6. The molecule has 2 aliphatic rings. The molecule has 0 spiro atoms. The number of nitrogens with zero attached hydrogens (tertiary/aromatic N) is 6. The number of carbonyl (C=O) groups is 4. The maximum absolute atomic E-state index is 10.0. The first-order chi connectivity index (χ1) is 67.6. The van der Waals surface area contributed by atoms with Gasteiger partial charge >= 0.3 is 0 Å². The quantitative estimate of drug-likeness (QED) is 0.0537. The van der Waals surface area contributed by atoms with Crippen molar-refractivity contribution in [2.75, 3.05) is 0 Å². The van der Waals surface area contributed by atoms with Crippen LogP contribution in [-0.2, 0) is 131 Å². The summed E-state index contributed by atoms with van der Waals surface area (Å²) in [5.41, 5.74) is 32.2. The zero-order chi connectivity index (χ0) is 101. The van der Waals surface area contributed by atoms with Gasteiger partial charge in [-0.3, -0.25) is 35.2 Å². The number of aromatic nitrogens is 6. The van der Waals surface area contributed by atoms with Crippen LogP contribution in [0.3, 0.4) is 0 Å². The second-order valence-corrected chi connectivity index (χ2v) is 35.0. The number of allylic oxidation sites excluding steroid dienone is 9. The fraction of sp³-hybridized carbons (Fsp3) is 0.150. The smallest absolute Gasteiger partial charge is 0.155 e. The molecule has 19 heteroatoms. The summed E-state index contributed by atoms with van der Waals surface area (Å²) in [6.07, 6.45) is 15.1. The van der Waals surface area contributed by atoms with E-state index in [9.17, 15) is 19.2 Å². The van der Waals surface area contributed by atoms with Crippen molar-refractivity contribution in [3.63, 3.8) is 0 Å². The van der Waals surface area contributed by atoms with Gasteiger partial charge < -0.3 is 40.4 Å². The van der Waals surface area contributed by atoms with Crippen LogP contribution < -0.4 is 0 Å². The molecule has 20 rings (SSSR count). The van der Waals surface area contributed by atoms with Gasteiger partial charge in [0.15, 0.2) is 23.1 Å². The number of benzene rings is 12. The number of pyridine rings is 6. The van der Waals surface area contributed by atoms with Crippen molar-refractivity contribution in [2.45, 2.75) is 129 Å². The molecule has 0 aliphatic heterocycles. The Morgan fingerprint density at radius 3 is 1.25 bits per heavy atom. The third kappa shape index (κ3) is 35.1. The minimum atomic E-state index is -0.125. The minimum absolute atomic E-state index is 0. The zero-order valence-electron chi connectivity index (χ0n) is 84.5. The Balaban J connectivity index is 0.000000255. The molecule has 146 heavy (non-hydrogen) atoms. The van der Waals surface area contributed by atoms with Gasteiger partial charge in [0.05, 0.1) is 34.1 Å². The summed E-state index contributed by atoms with van der Waals surface area (Å²) in [7, 11) is 0. The summed E-state index contributed by atoms with van der Waals surface area (Å²) in [5.74, 6) is -0.250. The van der Waals surface area contributed by atoms with Gasteiger partial charge in [0.25, 0.3) is 0 Å². The van der Waals surface area contributed by atoms with Crippen molar-refractivity contribution in [1.29, 1.82) is 0 Å². The molecule has 0 unspecified atom stereocenters. The second-order valence-electron chi connectivity index (χ2n) is 35.0. The van der Waals surface area contributed by atoms with Crippen LogP contribution in [0, 0.1) is 64.1 Å². The number of aliphatic hydroxyl groups is 4. The third-order valence-electron chi connectivity index (χ3n) is 22.6. The maximum Gasteiger partial charge on any atom is 0.155 e. The molecule has 4 N–H and O–H groups in total. The van der Waals surface area contributed by atoms with E-state index in [2.05, 4.69) is 312 Å². The molecule has 14 nitrogen and oxygen atoms in total. The number of aryl methyl sites for hydroxylation is 4. The largest absolute Gasteiger partial charge is 0.512 e. The number of ketones is 4. The van der Waals surface area contributed by atoms with Crippen LogP contribution in [0.4, 0.5) is 0 Å². The number of hydrogen-bond acceptors (Lipinski definition) is 14. The van der Waals surface area contributed by atoms with Crippen molar-refractivity contribution in [3.05, 3.63) is 474 Å². The molecular formula is C127H116Ir5N6O8-6. The number of rotatable bonds is 11. The molecule has 18 aromatic rings. The molecule has 6 heterocycles. The Bertz CT molecular complexity index is 7410. The van der Waals surface area contributed by atoms with Crippen molar-refractivity contribution in [1.82, 2.24) is 29.9 Å². The summed E-state index contributed by atoms with van der Waals surface area (Å²) >= 11 is 0. The van der Waals surface area contributed by atoms with E-state index in [0.717, 1.165) is 84.1 Å². The Hall–Kier alpha value is -13.6. The molecule has 0 bridgehead atoms. The molecule has 12 aromatic carbocycles. The summed E-state index contributed by atoms with van der Waals surface area (Å²) < 4.78 is 0. The van der Waals surface area contributed by atoms with Crippen molar-refractivity contribution < 1.29 is 140 Å². The summed E-state index contributed by atoms with van der Waals surface area (Å²) in [5, 5.41) is 39.4. The van der Waals surface area contributed by atoms with Gasteiger partial charge in [-0.1, -0.05) is 296 Å². The van der Waals surface area contributed by atoms with E-state index in [0.29, 0.717) is 0 Å². The normalized spacial score (nSPS) is 11.7. The first-order valence-corrected chi connectivity index (χ1v) is 46.3. The van der Waals surface area contributed by atoms with Crippen LogP contribution >= 0.6 is 0 Å². The Morgan fingerprint density at radius 2 is 0.774 bits per heavy atom. The van der Waals surface area contributed by atoms with Gasteiger partial charge in [-0.2, -0.15) is 0 Å². The van der Waals surface area contributed by atoms with Gasteiger partial charge in [0.2, 0.25) is 0 Å². The van der Waals surface area contributed by atoms with E-state index in [1.807, 2.05) is 147 Å². The molecular weight excluding hydrogens is 2700 g/mol. The standard InChI is InChI=1S/C24H18N.C23H18N.C20H16N.C17H14N.C12H10N.C11H8N.4C5H8O2.5Ir/c1-24(2)21-10-6-5-9-19(21)20-12-11-17(13-22(20)24)23-14-16-7-3-4-8-18(16)15-25-23;1-16-12-13-19(14-17(16)2)23-15-21(18-8-4-3-5-9-18)20-10-6-7-11-22(20)24-23;1-20(2)17-8-4-3-7-15(17)16-11-10-14(13-18(16)20)19-9-5-6-12-21-19;1-12-9-13(2)11-15(10-12)17-8-7-14-5-3-4-6-16(14)18-17;1-2-5-11-9-8-10-6-3-4-7-12(10)13-11;1-2-6-10(7-3-1)11-8-4-5-9-12-11;4*1-4(6)3-5(2)7;;;;;/h3-10,12-15H,1-2H3;3-13,15H,1-2H3;3-9,11-13H,1-2H3;3-10H,1-2H3;3-9H,1H3;1-6,8-9H;4*3,6H,1-2H3;;;;;/q6*-1;;;;;;;;;. The fourth-order valence-corrected chi connectivity index (χ4v) is 16.1. The maximum atomic E-state index is 10.0. The average Bonchev–Trinajstić information content (AvgIpc) is 1.58. The van der Waals surface area contributed by atoms with E-state index in [1.54, 1.807) is 6.20 Å². The van der Waals surface area contributed by atoms with Gasteiger partial charge in [-0.05, 0) is 169 Å². The Labute approximate surface area is 926 Å². The topological polar surface area (TPSA) is 227 Å². The predicted octanol–water partition coefficient (Wildman–Crippen LogP) is 30.9. The van der Waals surface area contributed by atoms with Crippen LogP contribution in [0.15, 0.2) is 387 Å². The fourth-order valence-electron chi connectivity index (χ4n) is 16.1. The van der Waals surface area contributed by atoms with Crippen LogP contribution in [0.25, 0.3) is 139 Å². The predicted molar refractivity (Wildman–Crippen MR) is 578 cm³/mol. The number of para-hydroxylation sites is 3. The molecule has 0 saturated heterocycles. The second kappa shape index (κ2) is 59.1. The van der Waals surface area contributed by atoms with Gasteiger partial charge in [-0.15, -0.1) is 177 Å². The zero-order valence-corrected chi connectivity index (χ0v) is 96.5. The molecule has 0 amide bonds. The number of carbonyl (C=O) groups excluding carboxylic acids is 4. The van der Waals surface area contributed by atoms with Crippen LogP contribution in [0.1, 0.15) is 140 Å². The number of fused-ring (bicyclic) bond motifs is 10. The first-order valence-electron chi connectivity index (χ1n) is 46.3. The molecule has 6 aromatic heterocycles. The SMILES string of the molecule is CC(=O)C=C(C)O.CC(=O)C=C(C)O.CC(=O)C=C(C)O.CC(=O)C=C(C)O.CC1(C)c2ccccc2-c2c[c-]c(-c3cc4ccccc4cn3)cc21.CC1(C)c2ccccc2-c2c[c-]c(-c3ccccn3)cc21.C[C-]=Cc1ccc2ccccc2n1.Cc1[c-]c(-c2cc(-c3ccccc3)c3ccccc3n2)ccc1C.Cc1[c-]c(-c2ccc3ccccc3n2)cc(C)c1.[Ir].[Ir].[Ir].[Ir].[Ir].[c-]1ccccc1-c1ccccn1. The van der Waals surface area contributed by atoms with Gasteiger partial charge in [0, 0.05) is 154 Å². The van der Waals surface area contributed by atoms with Crippen LogP contribution in [0.5, 0.6) is 0 Å². The molecule has 5 radical (unpaired) electrons. The van der Waals surface area contributed by atoms with Gasteiger partial charge in [0.1, 0.15) is 0 Å². The Kier molecular flexibility index (Phi) is 49.0. The van der Waals surface area contributed by atoms with E-state index in [4.69, 9.17) is 30.4 Å². The molecule has 753 valence electrons. The van der Waals surface area contributed by atoms with Crippen LogP contribution in [-0.4, -0.2) is 73.5 Å². The summed E-state index contributed by atoms with van der Waals surface area (Å²) in [6.45, 7) is 30.8. The summed E-state index contributed by atoms with van der Waals surface area (Å²) in [6, 6.07) is 127. The molecule has 0 saturated carbocycles. The van der Waals surface area contributed by atoms with Crippen molar-refractivity contribution in [2.24, 2.45) is 0 Å². The molecule has 2 aliphatic carbocycles. The first kappa shape index (κ1) is 121. The van der Waals surface area contributed by atoms with Crippen molar-refractivity contribution in [3.8, 4) is 89.7 Å². The molecule has 0 atom stereocenters. The average molecular weight is 2820 g/mol. The van der Waals surface area contributed by atoms with E-state index in [1.165, 1.54) is 179 Å². The van der Waals surface area contributed by atoms with E-state index < -0.39 is 0 Å². The number of hydrogen-bond donors (Lipinski definition) is 4. The summed E-state index contributed by atoms with van der Waals surface area (Å²) in [4.78, 5) is 67.4. The Morgan fingerprint density at radius 1 is 0.329 bits per heavy atom. The number of aliphatic hydroxyl groups excluding tert-OH is 4. The van der Waals surface area contributed by atoms with Crippen LogP contribution in [0.2, 0.25) is 0 Å². The van der Waals surface area contributed by atoms with E-state index in [-0.39, 0.29) is 158 Å². The van der Waals surface area contributed by atoms with E-state index >= 15 is 0 Å². The van der Waals surface area contributed by atoms with Crippen molar-refractivity contribution >= 4 is 72.7 Å². The molecule has 0 fully saturated rings.